The van der Waals surface area contributed by atoms with Crippen molar-refractivity contribution in [3.63, 3.8) is 0 Å². The molecule has 2 saturated heterocycles. The van der Waals surface area contributed by atoms with Crippen molar-refractivity contribution in [2.24, 2.45) is 5.92 Å². The first-order valence-electron chi connectivity index (χ1n) is 11.3. The molecule has 1 aromatic carbocycles. The second-order valence-corrected chi connectivity index (χ2v) is 9.60. The molecular formula is C24H33FN2O3S. The van der Waals surface area contributed by atoms with E-state index in [1.54, 1.807) is 12.1 Å². The van der Waals surface area contributed by atoms with Crippen LogP contribution < -0.4 is 0 Å². The number of nitrogens with zero attached hydrogens (tertiary/aromatic N) is 2. The highest BCUT2D eigenvalue weighted by Gasteiger charge is 2.40. The molecule has 3 fully saturated rings. The molecule has 2 aliphatic heterocycles. The Kier molecular flexibility index (Phi) is 7.49. The van der Waals surface area contributed by atoms with E-state index in [1.807, 2.05) is 13.0 Å². The van der Waals surface area contributed by atoms with Crippen molar-refractivity contribution in [2.45, 2.75) is 56.5 Å². The molecule has 3 aliphatic rings. The van der Waals surface area contributed by atoms with Crippen molar-refractivity contribution in [1.29, 1.82) is 0 Å². The van der Waals surface area contributed by atoms with Crippen molar-refractivity contribution in [2.75, 3.05) is 33.2 Å². The Balaban J connectivity index is 1.41. The van der Waals surface area contributed by atoms with Gasteiger partial charge in [-0.05, 0) is 44.9 Å². The van der Waals surface area contributed by atoms with Crippen LogP contribution >= 0.6 is 12.6 Å². The number of piperidine rings is 1. The maximum absolute atomic E-state index is 14.6. The van der Waals surface area contributed by atoms with Gasteiger partial charge in [0.15, 0.2) is 18.4 Å². The number of carbonyl (C=O) groups is 1. The van der Waals surface area contributed by atoms with Crippen molar-refractivity contribution in [3.05, 3.63) is 47.3 Å². The molecule has 5 nitrogen and oxygen atoms in total. The number of likely N-dealkylation sites (tertiary alicyclic amines) is 1. The zero-order chi connectivity index (χ0) is 22.0. The number of hydrogen-bond acceptors (Lipinski definition) is 6. The molecule has 31 heavy (non-hydrogen) atoms. The van der Waals surface area contributed by atoms with Crippen LogP contribution in [0, 0.1) is 11.7 Å². The van der Waals surface area contributed by atoms with Crippen LogP contribution in [0.3, 0.4) is 0 Å². The Hall–Kier alpha value is -1.25. The van der Waals surface area contributed by atoms with E-state index in [-0.39, 0.29) is 35.3 Å². The van der Waals surface area contributed by atoms with Crippen molar-refractivity contribution < 1.29 is 18.7 Å². The topological polar surface area (TPSA) is 42.0 Å². The lowest BCUT2D eigenvalue weighted by atomic mass is 9.93. The number of hydrogen-bond donors (Lipinski definition) is 1. The Morgan fingerprint density at radius 1 is 1.32 bits per heavy atom. The molecule has 0 amide bonds. The molecule has 0 spiro atoms. The number of halogens is 1. The highest BCUT2D eigenvalue weighted by molar-refractivity contribution is 7.81. The van der Waals surface area contributed by atoms with Crippen molar-refractivity contribution >= 4 is 18.4 Å². The fraction of sp³-hybridized carbons (Fsp3) is 0.625. The van der Waals surface area contributed by atoms with Crippen LogP contribution in [-0.2, 0) is 14.3 Å². The quantitative estimate of drug-likeness (QED) is 0.460. The van der Waals surface area contributed by atoms with Crippen molar-refractivity contribution in [3.8, 4) is 0 Å². The molecule has 170 valence electrons. The molecule has 1 saturated carbocycles. The molecule has 0 N–H and O–H groups in total. The second kappa shape index (κ2) is 10.1. The number of likely N-dealkylation sites (N-methyl/N-ethyl adjacent to an activating group) is 1. The average Bonchev–Trinajstić information content (AvgIpc) is 3.57. The van der Waals surface area contributed by atoms with Crippen LogP contribution in [0.5, 0.6) is 0 Å². The molecule has 7 heteroatoms. The Morgan fingerprint density at radius 2 is 2.06 bits per heavy atom. The van der Waals surface area contributed by atoms with Gasteiger partial charge in [0, 0.05) is 49.3 Å². The summed E-state index contributed by atoms with van der Waals surface area (Å²) in [6, 6.07) is 6.20. The van der Waals surface area contributed by atoms with Gasteiger partial charge >= 0.3 is 0 Å². The number of rotatable bonds is 9. The molecule has 1 aromatic rings. The summed E-state index contributed by atoms with van der Waals surface area (Å²) in [4.78, 5) is 17.5. The fourth-order valence-electron chi connectivity index (χ4n) is 4.40. The van der Waals surface area contributed by atoms with Crippen LogP contribution in [0.4, 0.5) is 4.39 Å². The predicted octanol–water partition coefficient (Wildman–Crippen LogP) is 3.82. The summed E-state index contributed by atoms with van der Waals surface area (Å²) in [5, 5.41) is 0.168. The Bertz CT molecular complexity index is 810. The Morgan fingerprint density at radius 3 is 2.74 bits per heavy atom. The summed E-state index contributed by atoms with van der Waals surface area (Å²) in [5.41, 5.74) is 1.71. The largest absolute Gasteiger partial charge is 0.324 e. The summed E-state index contributed by atoms with van der Waals surface area (Å²) in [5.74, 6) is -0.0565. The SMILES string of the molecule is CC1OC(CCN(C)C/C=C2\CN(C(C(=O)C3CC3)c3ccccc3F)CCC2S)O1. The summed E-state index contributed by atoms with van der Waals surface area (Å²) < 4.78 is 25.6. The van der Waals surface area contributed by atoms with Gasteiger partial charge in [0.05, 0.1) is 6.04 Å². The molecule has 0 aromatic heterocycles. The van der Waals surface area contributed by atoms with Gasteiger partial charge in [-0.25, -0.2) is 4.39 Å². The number of carbonyl (C=O) groups excluding carboxylic acids is 1. The standard InChI is InChI=1S/C24H33FN2O3S/c1-16-29-22(30-16)11-13-26(2)12-9-18-15-27(14-10-21(18)31)23(24(28)17-7-8-17)19-5-3-4-6-20(19)25/h3-6,9,16-17,21-23,31H,7-8,10-15H2,1-2H3/b18-9+. The fourth-order valence-corrected chi connectivity index (χ4v) is 4.70. The van der Waals surface area contributed by atoms with E-state index in [2.05, 4.69) is 22.9 Å². The molecule has 0 radical (unpaired) electrons. The first kappa shape index (κ1) is 22.9. The minimum absolute atomic E-state index is 0.0792. The van der Waals surface area contributed by atoms with E-state index in [9.17, 15) is 9.18 Å². The third-order valence-corrected chi connectivity index (χ3v) is 7.01. The molecule has 2 atom stereocenters. The molecule has 4 rings (SSSR count). The molecule has 2 heterocycles. The van der Waals surface area contributed by atoms with Crippen LogP contribution in [0.2, 0.25) is 0 Å². The number of thiol groups is 1. The van der Waals surface area contributed by atoms with Crippen LogP contribution in [0.25, 0.3) is 0 Å². The monoisotopic (exact) mass is 448 g/mol. The van der Waals surface area contributed by atoms with Gasteiger partial charge in [0.2, 0.25) is 0 Å². The number of ketones is 1. The minimum atomic E-state index is -0.509. The average molecular weight is 449 g/mol. The highest BCUT2D eigenvalue weighted by Crippen LogP contribution is 2.39. The first-order valence-corrected chi connectivity index (χ1v) is 11.8. The van der Waals surface area contributed by atoms with E-state index in [0.29, 0.717) is 12.1 Å². The third kappa shape index (κ3) is 5.76. The summed E-state index contributed by atoms with van der Waals surface area (Å²) in [6.07, 6.45) is 5.57. The lowest BCUT2D eigenvalue weighted by Gasteiger charge is -2.38. The lowest BCUT2D eigenvalue weighted by Crippen LogP contribution is -2.43. The van der Waals surface area contributed by atoms with E-state index in [1.165, 1.54) is 11.6 Å². The van der Waals surface area contributed by atoms with Crippen molar-refractivity contribution in [1.82, 2.24) is 9.80 Å². The zero-order valence-electron chi connectivity index (χ0n) is 18.4. The maximum atomic E-state index is 14.6. The van der Waals surface area contributed by atoms with Gasteiger partial charge in [-0.3, -0.25) is 9.69 Å². The first-order chi connectivity index (χ1) is 14.9. The summed E-state index contributed by atoms with van der Waals surface area (Å²) >= 11 is 4.79. The summed E-state index contributed by atoms with van der Waals surface area (Å²) in [6.45, 7) is 4.96. The van der Waals surface area contributed by atoms with E-state index in [4.69, 9.17) is 22.1 Å². The molecular weight excluding hydrogens is 415 g/mol. The predicted molar refractivity (Wildman–Crippen MR) is 121 cm³/mol. The van der Waals surface area contributed by atoms with Gasteiger partial charge in [-0.2, -0.15) is 12.6 Å². The summed E-state index contributed by atoms with van der Waals surface area (Å²) in [7, 11) is 2.08. The number of ether oxygens (including phenoxy) is 2. The van der Waals surface area contributed by atoms with E-state index < -0.39 is 6.04 Å². The molecule has 2 unspecified atom stereocenters. The van der Waals surface area contributed by atoms with Crippen LogP contribution in [0.1, 0.15) is 44.2 Å². The van der Waals surface area contributed by atoms with Crippen LogP contribution in [0.15, 0.2) is 35.9 Å². The molecule has 1 aliphatic carbocycles. The number of Topliss-reactive ketones (excluding diaryl/α,β-unsaturated/α-hetero) is 1. The number of benzene rings is 1. The zero-order valence-corrected chi connectivity index (χ0v) is 19.3. The van der Waals surface area contributed by atoms with Gasteiger partial charge in [-0.15, -0.1) is 0 Å². The van der Waals surface area contributed by atoms with Gasteiger partial charge in [0.1, 0.15) is 5.82 Å². The van der Waals surface area contributed by atoms with Gasteiger partial charge in [-0.1, -0.05) is 24.3 Å². The molecule has 0 bridgehead atoms. The van der Waals surface area contributed by atoms with Gasteiger partial charge < -0.3 is 14.4 Å². The minimum Gasteiger partial charge on any atom is -0.324 e. The van der Waals surface area contributed by atoms with Gasteiger partial charge in [0.25, 0.3) is 0 Å². The van der Waals surface area contributed by atoms with Crippen LogP contribution in [-0.4, -0.2) is 66.6 Å². The second-order valence-electron chi connectivity index (χ2n) is 8.97. The highest BCUT2D eigenvalue weighted by atomic mass is 32.1. The van der Waals surface area contributed by atoms with E-state index >= 15 is 0 Å². The smallest absolute Gasteiger partial charge is 0.165 e. The lowest BCUT2D eigenvalue weighted by molar-refractivity contribution is -0.377. The maximum Gasteiger partial charge on any atom is 0.165 e. The Labute approximate surface area is 190 Å². The third-order valence-electron chi connectivity index (χ3n) is 6.42. The van der Waals surface area contributed by atoms with E-state index in [0.717, 1.165) is 45.3 Å². The normalized spacial score (nSPS) is 29.2.